The maximum Gasteiger partial charge on any atom is 0.236 e. The van der Waals surface area contributed by atoms with Crippen LogP contribution in [-0.2, 0) is 22.3 Å². The second-order valence-corrected chi connectivity index (χ2v) is 6.57. The summed E-state index contributed by atoms with van der Waals surface area (Å²) in [4.78, 5) is 0. The molecule has 112 valence electrons. The summed E-state index contributed by atoms with van der Waals surface area (Å²) in [5.74, 6) is -0.552. The number of hydrogen-bond donors (Lipinski definition) is 2. The molecule has 0 unspecified atom stereocenters. The Morgan fingerprint density at radius 1 is 1.14 bits per heavy atom. The second kappa shape index (κ2) is 6.24. The van der Waals surface area contributed by atoms with Crippen LogP contribution >= 0.6 is 0 Å². The monoisotopic (exact) mass is 308 g/mol. The van der Waals surface area contributed by atoms with Crippen molar-refractivity contribution in [1.29, 1.82) is 0 Å². The molecular formula is C15H17FN2O2S. The first kappa shape index (κ1) is 15.5. The minimum absolute atomic E-state index is 0.155. The van der Waals surface area contributed by atoms with Gasteiger partial charge in [0.15, 0.2) is 0 Å². The Kier molecular flexibility index (Phi) is 4.59. The van der Waals surface area contributed by atoms with Crippen molar-refractivity contribution >= 4 is 15.7 Å². The molecule has 0 fully saturated rings. The summed E-state index contributed by atoms with van der Waals surface area (Å²) in [6, 6.07) is 11.0. The quantitative estimate of drug-likeness (QED) is 0.891. The van der Waals surface area contributed by atoms with E-state index in [2.05, 4.69) is 4.72 Å². The molecule has 2 aromatic carbocycles. The number of anilines is 1. The third-order valence-corrected chi connectivity index (χ3v) is 4.28. The van der Waals surface area contributed by atoms with Gasteiger partial charge in [-0.1, -0.05) is 24.3 Å². The summed E-state index contributed by atoms with van der Waals surface area (Å²) in [5.41, 5.74) is 7.99. The van der Waals surface area contributed by atoms with Crippen LogP contribution in [0.25, 0.3) is 0 Å². The van der Waals surface area contributed by atoms with Crippen molar-refractivity contribution in [3.63, 3.8) is 0 Å². The third kappa shape index (κ3) is 4.27. The number of aryl methyl sites for hydroxylation is 1. The van der Waals surface area contributed by atoms with Crippen LogP contribution in [0.5, 0.6) is 0 Å². The van der Waals surface area contributed by atoms with Gasteiger partial charge in [-0.15, -0.1) is 0 Å². The van der Waals surface area contributed by atoms with Crippen LogP contribution in [0.3, 0.4) is 0 Å². The molecule has 0 saturated carbocycles. The lowest BCUT2D eigenvalue weighted by atomic mass is 10.1. The van der Waals surface area contributed by atoms with E-state index >= 15 is 0 Å². The fourth-order valence-corrected chi connectivity index (χ4v) is 3.27. The van der Waals surface area contributed by atoms with Gasteiger partial charge >= 0.3 is 0 Å². The number of nitrogens with one attached hydrogen (secondary N) is 1. The van der Waals surface area contributed by atoms with E-state index in [1.807, 2.05) is 6.07 Å². The van der Waals surface area contributed by atoms with Crippen molar-refractivity contribution in [3.05, 3.63) is 65.0 Å². The van der Waals surface area contributed by atoms with E-state index < -0.39 is 15.8 Å². The minimum Gasteiger partial charge on any atom is -0.326 e. The molecule has 0 atom stereocenters. The van der Waals surface area contributed by atoms with Gasteiger partial charge in [0, 0.05) is 6.54 Å². The standard InChI is InChI=1S/C15H17FN2O2S/c1-11-7-14(16)5-6-15(11)18-21(19,20)10-13-4-2-3-12(8-13)9-17/h2-8,18H,9-10,17H2,1H3. The van der Waals surface area contributed by atoms with E-state index in [1.165, 1.54) is 18.2 Å². The maximum absolute atomic E-state index is 13.0. The van der Waals surface area contributed by atoms with Crippen molar-refractivity contribution in [1.82, 2.24) is 0 Å². The number of benzene rings is 2. The van der Waals surface area contributed by atoms with E-state index in [4.69, 9.17) is 5.73 Å². The zero-order valence-corrected chi connectivity index (χ0v) is 12.5. The van der Waals surface area contributed by atoms with Crippen molar-refractivity contribution in [2.24, 2.45) is 5.73 Å². The number of nitrogens with two attached hydrogens (primary N) is 1. The lowest BCUT2D eigenvalue weighted by molar-refractivity contribution is 0.600. The van der Waals surface area contributed by atoms with E-state index in [1.54, 1.807) is 25.1 Å². The molecule has 3 N–H and O–H groups in total. The summed E-state index contributed by atoms with van der Waals surface area (Å²) >= 11 is 0. The Hall–Kier alpha value is -1.92. The van der Waals surface area contributed by atoms with Crippen molar-refractivity contribution in [2.75, 3.05) is 4.72 Å². The highest BCUT2D eigenvalue weighted by Gasteiger charge is 2.13. The summed E-state index contributed by atoms with van der Waals surface area (Å²) in [7, 11) is -3.56. The molecular weight excluding hydrogens is 291 g/mol. The first-order valence-corrected chi connectivity index (χ1v) is 8.09. The summed E-state index contributed by atoms with van der Waals surface area (Å²) in [6.45, 7) is 2.01. The highest BCUT2D eigenvalue weighted by molar-refractivity contribution is 7.91. The van der Waals surface area contributed by atoms with Crippen LogP contribution < -0.4 is 10.5 Å². The Labute approximate surface area is 123 Å². The predicted octanol–water partition coefficient (Wildman–Crippen LogP) is 2.53. The largest absolute Gasteiger partial charge is 0.326 e. The lowest BCUT2D eigenvalue weighted by Gasteiger charge is -2.11. The van der Waals surface area contributed by atoms with Crippen molar-refractivity contribution < 1.29 is 12.8 Å². The fraction of sp³-hybridized carbons (Fsp3) is 0.200. The lowest BCUT2D eigenvalue weighted by Crippen LogP contribution is -2.16. The minimum atomic E-state index is -3.56. The van der Waals surface area contributed by atoms with Gasteiger partial charge in [-0.2, -0.15) is 0 Å². The first-order chi connectivity index (χ1) is 9.89. The average molecular weight is 308 g/mol. The SMILES string of the molecule is Cc1cc(F)ccc1NS(=O)(=O)Cc1cccc(CN)c1. The van der Waals surface area contributed by atoms with Crippen LogP contribution in [0, 0.1) is 12.7 Å². The smallest absolute Gasteiger partial charge is 0.236 e. The Balaban J connectivity index is 2.18. The normalized spacial score (nSPS) is 11.4. The summed E-state index contributed by atoms with van der Waals surface area (Å²) in [6.07, 6.45) is 0. The number of sulfonamides is 1. The van der Waals surface area contributed by atoms with Gasteiger partial charge in [0.25, 0.3) is 0 Å². The van der Waals surface area contributed by atoms with E-state index in [-0.39, 0.29) is 5.75 Å². The summed E-state index contributed by atoms with van der Waals surface area (Å²) < 4.78 is 39.8. The van der Waals surface area contributed by atoms with Crippen LogP contribution in [0.15, 0.2) is 42.5 Å². The molecule has 0 saturated heterocycles. The molecule has 0 heterocycles. The molecule has 2 rings (SSSR count). The van der Waals surface area contributed by atoms with Gasteiger partial charge in [-0.3, -0.25) is 4.72 Å². The average Bonchev–Trinajstić information content (AvgIpc) is 2.41. The molecule has 0 aliphatic heterocycles. The first-order valence-electron chi connectivity index (χ1n) is 6.44. The Morgan fingerprint density at radius 2 is 1.86 bits per heavy atom. The van der Waals surface area contributed by atoms with Crippen LogP contribution in [0.2, 0.25) is 0 Å². The van der Waals surface area contributed by atoms with Crippen LogP contribution in [0.1, 0.15) is 16.7 Å². The van der Waals surface area contributed by atoms with Crippen LogP contribution in [0.4, 0.5) is 10.1 Å². The molecule has 0 bridgehead atoms. The molecule has 0 amide bonds. The molecule has 0 aromatic heterocycles. The van der Waals surface area contributed by atoms with Gasteiger partial charge in [-0.25, -0.2) is 12.8 Å². The molecule has 4 nitrogen and oxygen atoms in total. The highest BCUT2D eigenvalue weighted by atomic mass is 32.2. The number of rotatable bonds is 5. The fourth-order valence-electron chi connectivity index (χ4n) is 2.01. The van der Waals surface area contributed by atoms with Crippen LogP contribution in [-0.4, -0.2) is 8.42 Å². The molecule has 0 aliphatic rings. The molecule has 21 heavy (non-hydrogen) atoms. The molecule has 0 aliphatic carbocycles. The van der Waals surface area contributed by atoms with E-state index in [9.17, 15) is 12.8 Å². The van der Waals surface area contributed by atoms with E-state index in [0.717, 1.165) is 5.56 Å². The zero-order valence-electron chi connectivity index (χ0n) is 11.6. The van der Waals surface area contributed by atoms with Crippen molar-refractivity contribution in [3.8, 4) is 0 Å². The highest BCUT2D eigenvalue weighted by Crippen LogP contribution is 2.19. The number of hydrogen-bond acceptors (Lipinski definition) is 3. The molecule has 0 radical (unpaired) electrons. The third-order valence-electron chi connectivity index (χ3n) is 3.04. The topological polar surface area (TPSA) is 72.2 Å². The second-order valence-electron chi connectivity index (χ2n) is 4.84. The van der Waals surface area contributed by atoms with Gasteiger partial charge in [0.2, 0.25) is 10.0 Å². The summed E-state index contributed by atoms with van der Waals surface area (Å²) in [5, 5.41) is 0. The zero-order chi connectivity index (χ0) is 15.5. The van der Waals surface area contributed by atoms with E-state index in [0.29, 0.717) is 23.4 Å². The van der Waals surface area contributed by atoms with Gasteiger partial charge in [-0.05, 0) is 41.8 Å². The predicted molar refractivity (Wildman–Crippen MR) is 81.7 cm³/mol. The molecule has 6 heteroatoms. The molecule has 0 spiro atoms. The van der Waals surface area contributed by atoms with Crippen molar-refractivity contribution in [2.45, 2.75) is 19.2 Å². The van der Waals surface area contributed by atoms with Gasteiger partial charge in [0.05, 0.1) is 11.4 Å². The maximum atomic E-state index is 13.0. The van der Waals surface area contributed by atoms with Gasteiger partial charge in [0.1, 0.15) is 5.82 Å². The Morgan fingerprint density at radius 3 is 2.52 bits per heavy atom. The van der Waals surface area contributed by atoms with Gasteiger partial charge < -0.3 is 5.73 Å². The Bertz CT molecular complexity index is 745. The molecule has 2 aromatic rings. The number of halogens is 1.